The lowest BCUT2D eigenvalue weighted by atomic mass is 10.1. The van der Waals surface area contributed by atoms with Crippen LogP contribution in [-0.2, 0) is 4.79 Å². The van der Waals surface area contributed by atoms with Gasteiger partial charge in [-0.2, -0.15) is 0 Å². The fourth-order valence-corrected chi connectivity index (χ4v) is 0.426. The smallest absolute Gasteiger partial charge is 0.341 e. The van der Waals surface area contributed by atoms with Crippen molar-refractivity contribution in [2.45, 2.75) is 25.9 Å². The summed E-state index contributed by atoms with van der Waals surface area (Å²) in [5.74, 6) is -1.41. The maximum Gasteiger partial charge on any atom is 0.341 e. The monoisotopic (exact) mass is 146 g/mol. The molecule has 0 aliphatic heterocycles. The SMILES string of the molecule is C/C=C/CC(C)(F)C(=O)O. The van der Waals surface area contributed by atoms with Crippen LogP contribution in [0.3, 0.4) is 0 Å². The van der Waals surface area contributed by atoms with Crippen molar-refractivity contribution in [3.8, 4) is 0 Å². The number of carboxylic acid groups (broad SMARTS) is 1. The van der Waals surface area contributed by atoms with Crippen LogP contribution in [0, 0.1) is 0 Å². The summed E-state index contributed by atoms with van der Waals surface area (Å²) in [6.45, 7) is 2.77. The number of aliphatic carboxylic acids is 1. The summed E-state index contributed by atoms with van der Waals surface area (Å²) in [5, 5.41) is 8.26. The number of carbonyl (C=O) groups is 1. The van der Waals surface area contributed by atoms with E-state index in [1.807, 2.05) is 0 Å². The van der Waals surface area contributed by atoms with E-state index >= 15 is 0 Å². The Bertz CT molecular complexity index is 150. The average molecular weight is 146 g/mol. The summed E-state index contributed by atoms with van der Waals surface area (Å²) in [6, 6.07) is 0. The van der Waals surface area contributed by atoms with Crippen molar-refractivity contribution in [3.05, 3.63) is 12.2 Å². The first-order valence-electron chi connectivity index (χ1n) is 3.04. The molecule has 0 saturated heterocycles. The van der Waals surface area contributed by atoms with Crippen LogP contribution >= 0.6 is 0 Å². The molecule has 0 radical (unpaired) electrons. The molecule has 0 fully saturated rings. The van der Waals surface area contributed by atoms with Gasteiger partial charge in [-0.1, -0.05) is 12.2 Å². The van der Waals surface area contributed by atoms with Crippen LogP contribution in [0.1, 0.15) is 20.3 Å². The molecule has 0 amide bonds. The molecule has 0 aliphatic carbocycles. The highest BCUT2D eigenvalue weighted by Crippen LogP contribution is 2.15. The lowest BCUT2D eigenvalue weighted by molar-refractivity contribution is -0.149. The van der Waals surface area contributed by atoms with Crippen molar-refractivity contribution in [1.82, 2.24) is 0 Å². The van der Waals surface area contributed by atoms with Gasteiger partial charge in [0.25, 0.3) is 0 Å². The highest BCUT2D eigenvalue weighted by atomic mass is 19.1. The quantitative estimate of drug-likeness (QED) is 0.616. The zero-order chi connectivity index (χ0) is 8.20. The van der Waals surface area contributed by atoms with Crippen LogP contribution in [-0.4, -0.2) is 16.7 Å². The minimum Gasteiger partial charge on any atom is -0.479 e. The van der Waals surface area contributed by atoms with Crippen LogP contribution in [0.25, 0.3) is 0 Å². The highest BCUT2D eigenvalue weighted by molar-refractivity contribution is 5.76. The van der Waals surface area contributed by atoms with Gasteiger partial charge in [0.2, 0.25) is 5.67 Å². The van der Waals surface area contributed by atoms with E-state index in [0.29, 0.717) is 0 Å². The molecule has 0 rings (SSSR count). The number of rotatable bonds is 3. The molecule has 1 N–H and O–H groups in total. The number of carboxylic acids is 1. The molecule has 0 aromatic carbocycles. The normalized spacial score (nSPS) is 17.1. The molecule has 1 atom stereocenters. The fraction of sp³-hybridized carbons (Fsp3) is 0.571. The van der Waals surface area contributed by atoms with Gasteiger partial charge in [-0.05, 0) is 13.8 Å². The van der Waals surface area contributed by atoms with E-state index < -0.39 is 11.6 Å². The standard InChI is InChI=1S/C7H11FO2/c1-3-4-5-7(2,8)6(9)10/h3-4H,5H2,1-2H3,(H,9,10)/b4-3+. The first-order chi connectivity index (χ1) is 4.50. The Balaban J connectivity index is 3.99. The average Bonchev–Trinajstić information content (AvgIpc) is 1.84. The molecule has 2 nitrogen and oxygen atoms in total. The van der Waals surface area contributed by atoms with Gasteiger partial charge in [0.15, 0.2) is 0 Å². The van der Waals surface area contributed by atoms with Crippen molar-refractivity contribution >= 4 is 5.97 Å². The second kappa shape index (κ2) is 3.34. The molecule has 0 aromatic heterocycles. The predicted octanol–water partition coefficient (Wildman–Crippen LogP) is 1.77. The Morgan fingerprint density at radius 1 is 1.80 bits per heavy atom. The van der Waals surface area contributed by atoms with Gasteiger partial charge in [0, 0.05) is 6.42 Å². The van der Waals surface area contributed by atoms with E-state index in [-0.39, 0.29) is 6.42 Å². The Labute approximate surface area is 59.4 Å². The van der Waals surface area contributed by atoms with Crippen LogP contribution in [0.4, 0.5) is 4.39 Å². The molecular formula is C7H11FO2. The molecule has 0 saturated carbocycles. The molecule has 3 heteroatoms. The van der Waals surface area contributed by atoms with Crippen molar-refractivity contribution in [3.63, 3.8) is 0 Å². The van der Waals surface area contributed by atoms with Gasteiger partial charge in [0.05, 0.1) is 0 Å². The third-order valence-corrected chi connectivity index (χ3v) is 1.18. The van der Waals surface area contributed by atoms with E-state index in [2.05, 4.69) is 0 Å². The van der Waals surface area contributed by atoms with Crippen molar-refractivity contribution in [2.75, 3.05) is 0 Å². The minimum absolute atomic E-state index is 0.0706. The van der Waals surface area contributed by atoms with E-state index in [1.54, 1.807) is 13.0 Å². The van der Waals surface area contributed by atoms with E-state index in [9.17, 15) is 9.18 Å². The largest absolute Gasteiger partial charge is 0.479 e. The number of hydrogen-bond donors (Lipinski definition) is 1. The number of halogens is 1. The lowest BCUT2D eigenvalue weighted by Crippen LogP contribution is -2.28. The van der Waals surface area contributed by atoms with Crippen molar-refractivity contribution in [1.29, 1.82) is 0 Å². The Hall–Kier alpha value is -0.860. The summed E-state index contributed by atoms with van der Waals surface area (Å²) in [6.07, 6.45) is 3.05. The van der Waals surface area contributed by atoms with Gasteiger partial charge in [-0.25, -0.2) is 9.18 Å². The van der Waals surface area contributed by atoms with E-state index in [4.69, 9.17) is 5.11 Å². The van der Waals surface area contributed by atoms with Gasteiger partial charge >= 0.3 is 5.97 Å². The maximum absolute atomic E-state index is 12.7. The van der Waals surface area contributed by atoms with Gasteiger partial charge in [0.1, 0.15) is 0 Å². The summed E-state index contributed by atoms with van der Waals surface area (Å²) in [7, 11) is 0. The summed E-state index contributed by atoms with van der Waals surface area (Å²) in [5.41, 5.74) is -2.12. The summed E-state index contributed by atoms with van der Waals surface area (Å²) < 4.78 is 12.7. The molecular weight excluding hydrogens is 135 g/mol. The molecule has 0 aromatic rings. The van der Waals surface area contributed by atoms with Crippen molar-refractivity contribution in [2.24, 2.45) is 0 Å². The second-order valence-corrected chi connectivity index (χ2v) is 2.28. The van der Waals surface area contributed by atoms with Crippen molar-refractivity contribution < 1.29 is 14.3 Å². The molecule has 0 aliphatic rings. The molecule has 0 spiro atoms. The van der Waals surface area contributed by atoms with E-state index in [0.717, 1.165) is 6.92 Å². The van der Waals surface area contributed by atoms with Gasteiger partial charge in [-0.15, -0.1) is 0 Å². The zero-order valence-corrected chi connectivity index (χ0v) is 6.10. The maximum atomic E-state index is 12.7. The molecule has 0 heterocycles. The Kier molecular flexibility index (Phi) is 3.06. The zero-order valence-electron chi connectivity index (χ0n) is 6.10. The van der Waals surface area contributed by atoms with Gasteiger partial charge in [-0.3, -0.25) is 0 Å². The minimum atomic E-state index is -2.12. The van der Waals surface area contributed by atoms with Crippen LogP contribution < -0.4 is 0 Å². The molecule has 58 valence electrons. The molecule has 1 unspecified atom stereocenters. The molecule has 10 heavy (non-hydrogen) atoms. The first kappa shape index (κ1) is 9.14. The van der Waals surface area contributed by atoms with E-state index in [1.165, 1.54) is 6.08 Å². The first-order valence-corrected chi connectivity index (χ1v) is 3.04. The Morgan fingerprint density at radius 2 is 2.30 bits per heavy atom. The summed E-state index contributed by atoms with van der Waals surface area (Å²) in [4.78, 5) is 10.1. The third-order valence-electron chi connectivity index (χ3n) is 1.18. The predicted molar refractivity (Wildman–Crippen MR) is 36.6 cm³/mol. The van der Waals surface area contributed by atoms with Gasteiger partial charge < -0.3 is 5.11 Å². The van der Waals surface area contributed by atoms with Crippen LogP contribution in [0.2, 0.25) is 0 Å². The lowest BCUT2D eigenvalue weighted by Gasteiger charge is -2.10. The second-order valence-electron chi connectivity index (χ2n) is 2.28. The highest BCUT2D eigenvalue weighted by Gasteiger charge is 2.30. The third kappa shape index (κ3) is 2.62. The number of alkyl halides is 1. The Morgan fingerprint density at radius 3 is 2.60 bits per heavy atom. The number of hydrogen-bond acceptors (Lipinski definition) is 1. The topological polar surface area (TPSA) is 37.3 Å². The van der Waals surface area contributed by atoms with Crippen LogP contribution in [0.15, 0.2) is 12.2 Å². The number of allylic oxidation sites excluding steroid dienone is 2. The van der Waals surface area contributed by atoms with Crippen LogP contribution in [0.5, 0.6) is 0 Å². The molecule has 0 bridgehead atoms. The summed E-state index contributed by atoms with van der Waals surface area (Å²) >= 11 is 0. The fourth-order valence-electron chi connectivity index (χ4n) is 0.426.